The summed E-state index contributed by atoms with van der Waals surface area (Å²) in [4.78, 5) is 52.3. The number of hydrogen-bond acceptors (Lipinski definition) is 6. The fourth-order valence-corrected chi connectivity index (χ4v) is 4.67. The van der Waals surface area contributed by atoms with Crippen molar-refractivity contribution in [1.82, 2.24) is 15.5 Å². The molecule has 2 rings (SSSR count). The van der Waals surface area contributed by atoms with Gasteiger partial charge in [0, 0.05) is 6.54 Å². The minimum atomic E-state index is -1.10. The smallest absolute Gasteiger partial charge is 0.326 e. The Hall–Kier alpha value is -2.59. The van der Waals surface area contributed by atoms with E-state index in [1.807, 2.05) is 50.4 Å². The third-order valence-corrected chi connectivity index (χ3v) is 6.66. The maximum atomic E-state index is 13.4. The van der Waals surface area contributed by atoms with Gasteiger partial charge in [0.05, 0.1) is 6.04 Å². The zero-order valence-corrected chi connectivity index (χ0v) is 21.6. The van der Waals surface area contributed by atoms with E-state index in [1.54, 1.807) is 11.8 Å². The van der Waals surface area contributed by atoms with Crippen LogP contribution in [0.2, 0.25) is 0 Å². The summed E-state index contributed by atoms with van der Waals surface area (Å²) in [5.41, 5.74) is 7.04. The minimum Gasteiger partial charge on any atom is -0.480 e. The van der Waals surface area contributed by atoms with Crippen molar-refractivity contribution in [2.24, 2.45) is 11.7 Å². The van der Waals surface area contributed by atoms with E-state index in [1.165, 1.54) is 4.90 Å². The second kappa shape index (κ2) is 14.1. The number of likely N-dealkylation sites (tertiary alicyclic amines) is 1. The number of nitrogens with zero attached hydrogens (tertiary/aromatic N) is 1. The van der Waals surface area contributed by atoms with Gasteiger partial charge in [-0.05, 0) is 55.6 Å². The molecule has 1 fully saturated rings. The molecule has 0 aliphatic carbocycles. The van der Waals surface area contributed by atoms with Gasteiger partial charge in [0.1, 0.15) is 18.1 Å². The molecule has 10 heteroatoms. The van der Waals surface area contributed by atoms with Gasteiger partial charge in [-0.3, -0.25) is 14.4 Å². The molecule has 5 N–H and O–H groups in total. The first kappa shape index (κ1) is 28.6. The van der Waals surface area contributed by atoms with E-state index in [-0.39, 0.29) is 11.8 Å². The summed E-state index contributed by atoms with van der Waals surface area (Å²) in [5.74, 6) is -1.60. The Labute approximate surface area is 211 Å². The fourth-order valence-electron chi connectivity index (χ4n) is 4.20. The van der Waals surface area contributed by atoms with Crippen LogP contribution in [-0.2, 0) is 25.6 Å². The van der Waals surface area contributed by atoms with Gasteiger partial charge >= 0.3 is 5.97 Å². The highest BCUT2D eigenvalue weighted by Crippen LogP contribution is 2.20. The van der Waals surface area contributed by atoms with Crippen molar-refractivity contribution in [3.05, 3.63) is 35.9 Å². The van der Waals surface area contributed by atoms with Gasteiger partial charge in [0.25, 0.3) is 0 Å². The van der Waals surface area contributed by atoms with Gasteiger partial charge < -0.3 is 26.4 Å². The summed E-state index contributed by atoms with van der Waals surface area (Å²) in [5, 5.41) is 14.9. The normalized spacial score (nSPS) is 18.1. The van der Waals surface area contributed by atoms with Gasteiger partial charge in [-0.2, -0.15) is 11.8 Å². The van der Waals surface area contributed by atoms with E-state index in [0.29, 0.717) is 44.4 Å². The first-order valence-electron chi connectivity index (χ1n) is 12.1. The zero-order chi connectivity index (χ0) is 26.0. The molecule has 1 aliphatic rings. The number of aliphatic carboxylic acids is 1. The van der Waals surface area contributed by atoms with Crippen molar-refractivity contribution in [1.29, 1.82) is 0 Å². The van der Waals surface area contributed by atoms with E-state index in [2.05, 4.69) is 10.6 Å². The first-order valence-corrected chi connectivity index (χ1v) is 13.5. The molecule has 1 saturated heterocycles. The lowest BCUT2D eigenvalue weighted by Gasteiger charge is -2.30. The fraction of sp³-hybridized carbons (Fsp3) is 0.600. The van der Waals surface area contributed by atoms with Crippen LogP contribution in [0.3, 0.4) is 0 Å². The van der Waals surface area contributed by atoms with Crippen LogP contribution < -0.4 is 16.4 Å². The maximum absolute atomic E-state index is 13.4. The Morgan fingerprint density at radius 1 is 1.14 bits per heavy atom. The van der Waals surface area contributed by atoms with Crippen LogP contribution in [0.1, 0.15) is 45.1 Å². The van der Waals surface area contributed by atoms with Crippen molar-refractivity contribution >= 4 is 35.5 Å². The predicted molar refractivity (Wildman–Crippen MR) is 137 cm³/mol. The molecule has 1 heterocycles. The number of nitrogens with one attached hydrogen (secondary N) is 2. The Morgan fingerprint density at radius 2 is 1.83 bits per heavy atom. The van der Waals surface area contributed by atoms with Crippen LogP contribution in [0.4, 0.5) is 0 Å². The zero-order valence-electron chi connectivity index (χ0n) is 20.7. The Bertz CT molecular complexity index is 867. The molecule has 1 aromatic rings. The molecule has 0 aromatic heterocycles. The molecule has 9 nitrogen and oxygen atoms in total. The molecule has 4 atom stereocenters. The molecular weight excluding hydrogens is 468 g/mol. The number of nitrogens with two attached hydrogens (primary N) is 1. The Kier molecular flexibility index (Phi) is 11.5. The van der Waals surface area contributed by atoms with E-state index < -0.39 is 42.0 Å². The van der Waals surface area contributed by atoms with Crippen LogP contribution in [-0.4, -0.2) is 76.4 Å². The number of rotatable bonds is 13. The molecule has 35 heavy (non-hydrogen) atoms. The number of amides is 3. The number of carbonyl (C=O) groups is 4. The van der Waals surface area contributed by atoms with Gasteiger partial charge in [-0.15, -0.1) is 0 Å². The number of carboxylic acid groups (broad SMARTS) is 1. The van der Waals surface area contributed by atoms with Gasteiger partial charge in [-0.1, -0.05) is 44.2 Å². The average molecular weight is 507 g/mol. The highest BCUT2D eigenvalue weighted by molar-refractivity contribution is 7.98. The number of thioether (sulfide) groups is 1. The number of carbonyl (C=O) groups excluding carboxylic acids is 3. The van der Waals surface area contributed by atoms with Crippen LogP contribution in [0, 0.1) is 5.92 Å². The van der Waals surface area contributed by atoms with E-state index in [0.717, 1.165) is 5.56 Å². The van der Waals surface area contributed by atoms with Crippen LogP contribution in [0.5, 0.6) is 0 Å². The first-order chi connectivity index (χ1) is 16.6. The Balaban J connectivity index is 2.08. The second-order valence-electron chi connectivity index (χ2n) is 9.36. The van der Waals surface area contributed by atoms with Crippen molar-refractivity contribution in [3.63, 3.8) is 0 Å². The lowest BCUT2D eigenvalue weighted by Crippen LogP contribution is -2.57. The molecule has 1 aromatic carbocycles. The summed E-state index contributed by atoms with van der Waals surface area (Å²) >= 11 is 1.55. The molecule has 0 saturated carbocycles. The lowest BCUT2D eigenvalue weighted by molar-refractivity contribution is -0.145. The highest BCUT2D eigenvalue weighted by Gasteiger charge is 2.39. The molecule has 1 aliphatic heterocycles. The molecule has 0 bridgehead atoms. The molecule has 0 spiro atoms. The van der Waals surface area contributed by atoms with Crippen LogP contribution >= 0.6 is 11.8 Å². The predicted octanol–water partition coefficient (Wildman–Crippen LogP) is 1.40. The van der Waals surface area contributed by atoms with E-state index >= 15 is 0 Å². The Morgan fingerprint density at radius 3 is 2.43 bits per heavy atom. The van der Waals surface area contributed by atoms with Crippen molar-refractivity contribution in [2.75, 3.05) is 18.6 Å². The summed E-state index contributed by atoms with van der Waals surface area (Å²) in [6.07, 6.45) is 4.03. The second-order valence-corrected chi connectivity index (χ2v) is 10.3. The minimum absolute atomic E-state index is 0.0870. The molecule has 194 valence electrons. The summed E-state index contributed by atoms with van der Waals surface area (Å²) in [7, 11) is 0. The standard InChI is InChI=1S/C25H38N4O5S/c1-16(2)14-20(25(33)34)28-23(31)21-10-7-12-29(21)24(32)19(11-13-35-3)27-22(30)18(26)15-17-8-5-4-6-9-17/h4-6,8-9,16,18-21H,7,10-15,26H2,1-3H3,(H,27,30)(H,28,31)(H,33,34). The average Bonchev–Trinajstić information content (AvgIpc) is 3.31. The third-order valence-electron chi connectivity index (χ3n) is 6.02. The van der Waals surface area contributed by atoms with Gasteiger partial charge in [-0.25, -0.2) is 4.79 Å². The quantitative estimate of drug-likeness (QED) is 0.317. The lowest BCUT2D eigenvalue weighted by atomic mass is 10.0. The van der Waals surface area contributed by atoms with Crippen molar-refractivity contribution < 1.29 is 24.3 Å². The number of hydrogen-bond donors (Lipinski definition) is 4. The summed E-state index contributed by atoms with van der Waals surface area (Å²) in [6.45, 7) is 4.14. The third kappa shape index (κ3) is 8.85. The van der Waals surface area contributed by atoms with E-state index in [9.17, 15) is 24.3 Å². The topological polar surface area (TPSA) is 142 Å². The molecular formula is C25H38N4O5S. The number of carboxylic acids is 1. The summed E-state index contributed by atoms with van der Waals surface area (Å²) in [6, 6.07) is 6.02. The maximum Gasteiger partial charge on any atom is 0.326 e. The largest absolute Gasteiger partial charge is 0.480 e. The van der Waals surface area contributed by atoms with E-state index in [4.69, 9.17) is 5.73 Å². The molecule has 4 unspecified atom stereocenters. The van der Waals surface area contributed by atoms with Gasteiger partial charge in [0.2, 0.25) is 17.7 Å². The monoisotopic (exact) mass is 506 g/mol. The van der Waals surface area contributed by atoms with Gasteiger partial charge in [0.15, 0.2) is 0 Å². The van der Waals surface area contributed by atoms with Crippen molar-refractivity contribution in [3.8, 4) is 0 Å². The number of benzene rings is 1. The van der Waals surface area contributed by atoms with Crippen LogP contribution in [0.25, 0.3) is 0 Å². The highest BCUT2D eigenvalue weighted by atomic mass is 32.2. The molecule has 3 amide bonds. The van der Waals surface area contributed by atoms with Crippen molar-refractivity contribution in [2.45, 2.75) is 70.1 Å². The molecule has 0 radical (unpaired) electrons. The SMILES string of the molecule is CSCCC(NC(=O)C(N)Cc1ccccc1)C(=O)N1CCCC1C(=O)NC(CC(C)C)C(=O)O. The van der Waals surface area contributed by atoms with Crippen LogP contribution in [0.15, 0.2) is 30.3 Å². The summed E-state index contributed by atoms with van der Waals surface area (Å²) < 4.78 is 0.